The average Bonchev–Trinajstić information content (AvgIpc) is 2.39. The van der Waals surface area contributed by atoms with Crippen LogP contribution in [-0.2, 0) is 11.3 Å². The lowest BCUT2D eigenvalue weighted by Gasteiger charge is -2.25. The molecule has 1 aromatic rings. The van der Waals surface area contributed by atoms with Crippen LogP contribution in [0.15, 0.2) is 24.3 Å². The molecule has 0 aliphatic carbocycles. The van der Waals surface area contributed by atoms with E-state index in [-0.39, 0.29) is 11.9 Å². The van der Waals surface area contributed by atoms with Crippen molar-refractivity contribution in [3.63, 3.8) is 0 Å². The molecule has 2 N–H and O–H groups in total. The molecule has 1 aromatic carbocycles. The lowest BCUT2D eigenvalue weighted by molar-refractivity contribution is -0.133. The van der Waals surface area contributed by atoms with Crippen LogP contribution < -0.4 is 5.73 Å². The normalized spacial score (nSPS) is 12.2. The third-order valence-corrected chi connectivity index (χ3v) is 3.06. The summed E-state index contributed by atoms with van der Waals surface area (Å²) in [6.07, 6.45) is 1.64. The maximum Gasteiger partial charge on any atom is 0.239 e. The van der Waals surface area contributed by atoms with Gasteiger partial charge < -0.3 is 10.6 Å². The topological polar surface area (TPSA) is 46.3 Å². The second kappa shape index (κ2) is 7.17. The average molecular weight is 248 g/mol. The largest absolute Gasteiger partial charge is 0.337 e. The van der Waals surface area contributed by atoms with Crippen molar-refractivity contribution in [2.75, 3.05) is 6.54 Å². The first-order valence-corrected chi connectivity index (χ1v) is 6.68. The van der Waals surface area contributed by atoms with Crippen LogP contribution in [-0.4, -0.2) is 23.4 Å². The van der Waals surface area contributed by atoms with Gasteiger partial charge in [-0.1, -0.05) is 43.7 Å². The third kappa shape index (κ3) is 4.15. The summed E-state index contributed by atoms with van der Waals surface area (Å²) in [5.74, 6) is 0.0555. The van der Waals surface area contributed by atoms with Gasteiger partial charge in [0.25, 0.3) is 0 Å². The first kappa shape index (κ1) is 14.7. The molecule has 0 aliphatic rings. The van der Waals surface area contributed by atoms with Gasteiger partial charge in [0.15, 0.2) is 0 Å². The Morgan fingerprint density at radius 1 is 1.28 bits per heavy atom. The molecule has 0 aliphatic heterocycles. The Hall–Kier alpha value is -1.35. The fraction of sp³-hybridized carbons (Fsp3) is 0.533. The molecule has 0 unspecified atom stereocenters. The zero-order valence-corrected chi connectivity index (χ0v) is 11.6. The SMILES string of the molecule is CCCN(Cc1ccc(C)cc1)C(=O)[C@H](N)CC. The standard InChI is InChI=1S/C15H24N2O/c1-4-10-17(15(18)14(16)5-2)11-13-8-6-12(3)7-9-13/h6-9,14H,4-5,10-11,16H2,1-3H3/t14-/m1/s1. The van der Waals surface area contributed by atoms with E-state index in [9.17, 15) is 4.79 Å². The van der Waals surface area contributed by atoms with Gasteiger partial charge in [0.2, 0.25) is 5.91 Å². The number of carbonyl (C=O) groups excluding carboxylic acids is 1. The fourth-order valence-corrected chi connectivity index (χ4v) is 1.86. The predicted molar refractivity (Wildman–Crippen MR) is 75.2 cm³/mol. The molecule has 0 aromatic heterocycles. The van der Waals surface area contributed by atoms with Gasteiger partial charge in [-0.2, -0.15) is 0 Å². The van der Waals surface area contributed by atoms with Crippen molar-refractivity contribution in [3.05, 3.63) is 35.4 Å². The molecule has 3 heteroatoms. The van der Waals surface area contributed by atoms with E-state index in [1.807, 2.05) is 11.8 Å². The molecule has 3 nitrogen and oxygen atoms in total. The number of benzene rings is 1. The Morgan fingerprint density at radius 3 is 2.39 bits per heavy atom. The van der Waals surface area contributed by atoms with Crippen molar-refractivity contribution < 1.29 is 4.79 Å². The summed E-state index contributed by atoms with van der Waals surface area (Å²) in [6.45, 7) is 7.50. The molecule has 0 radical (unpaired) electrons. The molecule has 18 heavy (non-hydrogen) atoms. The van der Waals surface area contributed by atoms with Gasteiger partial charge >= 0.3 is 0 Å². The smallest absolute Gasteiger partial charge is 0.239 e. The summed E-state index contributed by atoms with van der Waals surface area (Å²) in [5.41, 5.74) is 8.23. The number of nitrogens with zero attached hydrogens (tertiary/aromatic N) is 1. The minimum absolute atomic E-state index is 0.0555. The van der Waals surface area contributed by atoms with E-state index < -0.39 is 0 Å². The van der Waals surface area contributed by atoms with Gasteiger partial charge in [0, 0.05) is 13.1 Å². The molecule has 0 saturated heterocycles. The van der Waals surface area contributed by atoms with E-state index in [1.54, 1.807) is 0 Å². The summed E-state index contributed by atoms with van der Waals surface area (Å²) in [6, 6.07) is 7.92. The van der Waals surface area contributed by atoms with Crippen molar-refractivity contribution in [1.82, 2.24) is 4.90 Å². The summed E-state index contributed by atoms with van der Waals surface area (Å²) in [5, 5.41) is 0. The maximum absolute atomic E-state index is 12.1. The predicted octanol–water partition coefficient (Wildman–Crippen LogP) is 2.47. The minimum Gasteiger partial charge on any atom is -0.337 e. The summed E-state index contributed by atoms with van der Waals surface area (Å²) >= 11 is 0. The van der Waals surface area contributed by atoms with Crippen LogP contribution >= 0.6 is 0 Å². The fourth-order valence-electron chi connectivity index (χ4n) is 1.86. The second-order valence-electron chi connectivity index (χ2n) is 4.76. The zero-order valence-electron chi connectivity index (χ0n) is 11.6. The molecule has 0 bridgehead atoms. The number of aryl methyl sites for hydroxylation is 1. The van der Waals surface area contributed by atoms with Crippen molar-refractivity contribution >= 4 is 5.91 Å². The Balaban J connectivity index is 2.73. The van der Waals surface area contributed by atoms with Gasteiger partial charge in [-0.3, -0.25) is 4.79 Å². The van der Waals surface area contributed by atoms with Crippen LogP contribution in [0.5, 0.6) is 0 Å². The quantitative estimate of drug-likeness (QED) is 0.840. The lowest BCUT2D eigenvalue weighted by atomic mass is 10.1. The highest BCUT2D eigenvalue weighted by Crippen LogP contribution is 2.09. The third-order valence-electron chi connectivity index (χ3n) is 3.06. The highest BCUT2D eigenvalue weighted by atomic mass is 16.2. The van der Waals surface area contributed by atoms with Gasteiger partial charge in [-0.05, 0) is 25.3 Å². The van der Waals surface area contributed by atoms with Gasteiger partial charge in [-0.25, -0.2) is 0 Å². The highest BCUT2D eigenvalue weighted by Gasteiger charge is 2.18. The summed E-state index contributed by atoms with van der Waals surface area (Å²) in [7, 11) is 0. The monoisotopic (exact) mass is 248 g/mol. The Kier molecular flexibility index (Phi) is 5.86. The summed E-state index contributed by atoms with van der Waals surface area (Å²) in [4.78, 5) is 14.0. The van der Waals surface area contributed by atoms with Crippen molar-refractivity contribution in [1.29, 1.82) is 0 Å². The van der Waals surface area contributed by atoms with Crippen LogP contribution in [0.25, 0.3) is 0 Å². The van der Waals surface area contributed by atoms with E-state index in [2.05, 4.69) is 38.1 Å². The molecule has 0 saturated carbocycles. The minimum atomic E-state index is -0.373. The van der Waals surface area contributed by atoms with Gasteiger partial charge in [0.1, 0.15) is 0 Å². The van der Waals surface area contributed by atoms with Gasteiger partial charge in [0.05, 0.1) is 6.04 Å². The number of hydrogen-bond donors (Lipinski definition) is 1. The molecule has 100 valence electrons. The number of rotatable bonds is 6. The molecular weight excluding hydrogens is 224 g/mol. The zero-order chi connectivity index (χ0) is 13.5. The number of nitrogens with two attached hydrogens (primary N) is 1. The first-order chi connectivity index (χ1) is 8.58. The Labute approximate surface area is 110 Å². The Morgan fingerprint density at radius 2 is 1.89 bits per heavy atom. The second-order valence-corrected chi connectivity index (χ2v) is 4.76. The van der Waals surface area contributed by atoms with Crippen LogP contribution in [0, 0.1) is 6.92 Å². The van der Waals surface area contributed by atoms with Gasteiger partial charge in [-0.15, -0.1) is 0 Å². The van der Waals surface area contributed by atoms with Crippen molar-refractivity contribution in [3.8, 4) is 0 Å². The molecule has 1 atom stereocenters. The highest BCUT2D eigenvalue weighted by molar-refractivity contribution is 5.81. The maximum atomic E-state index is 12.1. The number of amides is 1. The molecule has 0 heterocycles. The summed E-state index contributed by atoms with van der Waals surface area (Å²) < 4.78 is 0. The molecule has 0 fully saturated rings. The lowest BCUT2D eigenvalue weighted by Crippen LogP contribution is -2.43. The molecule has 0 spiro atoms. The van der Waals surface area contributed by atoms with E-state index >= 15 is 0 Å². The molecular formula is C15H24N2O. The van der Waals surface area contributed by atoms with E-state index in [0.29, 0.717) is 13.0 Å². The Bertz CT molecular complexity index is 373. The van der Waals surface area contributed by atoms with E-state index in [0.717, 1.165) is 18.5 Å². The number of hydrogen-bond acceptors (Lipinski definition) is 2. The van der Waals surface area contributed by atoms with E-state index in [4.69, 9.17) is 5.73 Å². The van der Waals surface area contributed by atoms with Crippen molar-refractivity contribution in [2.24, 2.45) is 5.73 Å². The van der Waals surface area contributed by atoms with Crippen LogP contribution in [0.4, 0.5) is 0 Å². The number of carbonyl (C=O) groups is 1. The van der Waals surface area contributed by atoms with Crippen LogP contribution in [0.3, 0.4) is 0 Å². The van der Waals surface area contributed by atoms with E-state index in [1.165, 1.54) is 5.56 Å². The van der Waals surface area contributed by atoms with Crippen LogP contribution in [0.2, 0.25) is 0 Å². The molecule has 1 amide bonds. The van der Waals surface area contributed by atoms with Crippen molar-refractivity contribution in [2.45, 2.75) is 46.2 Å². The molecule has 1 rings (SSSR count). The first-order valence-electron chi connectivity index (χ1n) is 6.68. The van der Waals surface area contributed by atoms with Crippen LogP contribution in [0.1, 0.15) is 37.8 Å².